The van der Waals surface area contributed by atoms with Crippen molar-refractivity contribution in [2.75, 3.05) is 38.8 Å². The molecule has 0 spiro atoms. The number of morpholine rings is 1. The topological polar surface area (TPSA) is 79.2 Å². The van der Waals surface area contributed by atoms with E-state index < -0.39 is 15.8 Å². The van der Waals surface area contributed by atoms with Crippen LogP contribution in [0.4, 0.5) is 4.79 Å². The minimum atomic E-state index is -2.13. The van der Waals surface area contributed by atoms with E-state index in [4.69, 9.17) is 9.84 Å². The Morgan fingerprint density at radius 1 is 1.67 bits per heavy atom. The summed E-state index contributed by atoms with van der Waals surface area (Å²) < 4.78 is 20.6. The van der Waals surface area contributed by atoms with Gasteiger partial charge in [-0.15, -0.1) is 0 Å². The Kier molecular flexibility index (Phi) is 3.92. The Balaban J connectivity index is 2.51. The summed E-state index contributed by atoms with van der Waals surface area (Å²) >= 11 is 0. The van der Waals surface area contributed by atoms with E-state index in [2.05, 4.69) is 4.36 Å². The van der Waals surface area contributed by atoms with E-state index in [0.29, 0.717) is 19.7 Å². The second-order valence-corrected chi connectivity index (χ2v) is 6.34. The highest BCUT2D eigenvalue weighted by Gasteiger charge is 2.23. The van der Waals surface area contributed by atoms with Crippen LogP contribution in [0.1, 0.15) is 0 Å². The molecule has 0 saturated carbocycles. The first kappa shape index (κ1) is 12.3. The van der Waals surface area contributed by atoms with Crippen LogP contribution in [0.5, 0.6) is 0 Å². The zero-order chi connectivity index (χ0) is 11.5. The molecule has 0 aromatic heterocycles. The molecule has 88 valence electrons. The van der Waals surface area contributed by atoms with Gasteiger partial charge in [0, 0.05) is 28.8 Å². The average molecular weight is 236 g/mol. The molecule has 1 fully saturated rings. The summed E-state index contributed by atoms with van der Waals surface area (Å²) in [6.45, 7) is 1.35. The molecular formula is C8H16N2O4S. The van der Waals surface area contributed by atoms with Crippen molar-refractivity contribution in [3.63, 3.8) is 0 Å². The summed E-state index contributed by atoms with van der Waals surface area (Å²) in [4.78, 5) is 12.0. The molecule has 1 heterocycles. The van der Waals surface area contributed by atoms with E-state index in [1.54, 1.807) is 12.5 Å². The Morgan fingerprint density at radius 2 is 2.33 bits per heavy atom. The smallest absolute Gasteiger partial charge is 0.407 e. The molecule has 7 heteroatoms. The van der Waals surface area contributed by atoms with Crippen molar-refractivity contribution in [2.45, 2.75) is 6.10 Å². The van der Waals surface area contributed by atoms with Gasteiger partial charge < -0.3 is 14.7 Å². The van der Waals surface area contributed by atoms with Gasteiger partial charge in [0.05, 0.1) is 25.8 Å². The minimum absolute atomic E-state index is 0.268. The molecule has 6 nitrogen and oxygen atoms in total. The van der Waals surface area contributed by atoms with Crippen LogP contribution in [-0.4, -0.2) is 65.2 Å². The maximum Gasteiger partial charge on any atom is 0.407 e. The summed E-state index contributed by atoms with van der Waals surface area (Å²) in [5.74, 6) is 0. The number of amides is 1. The highest BCUT2D eigenvalue weighted by Crippen LogP contribution is 2.06. The number of carboxylic acid groups (broad SMARTS) is 1. The highest BCUT2D eigenvalue weighted by molar-refractivity contribution is 7.92. The number of hydrogen-bond acceptors (Lipinski definition) is 4. The molecular weight excluding hydrogens is 220 g/mol. The van der Waals surface area contributed by atoms with Gasteiger partial charge in [-0.05, 0) is 0 Å². The second-order valence-electron chi connectivity index (χ2n) is 3.71. The molecule has 15 heavy (non-hydrogen) atoms. The van der Waals surface area contributed by atoms with Crippen molar-refractivity contribution in [1.29, 1.82) is 0 Å². The van der Waals surface area contributed by atoms with E-state index in [1.165, 1.54) is 4.90 Å². The van der Waals surface area contributed by atoms with Crippen LogP contribution in [0.2, 0.25) is 0 Å². The monoisotopic (exact) mass is 236 g/mol. The maximum absolute atomic E-state index is 11.3. The zero-order valence-corrected chi connectivity index (χ0v) is 9.70. The maximum atomic E-state index is 11.3. The van der Waals surface area contributed by atoms with Crippen LogP contribution in [0.3, 0.4) is 0 Å². The molecule has 0 radical (unpaired) electrons. The van der Waals surface area contributed by atoms with Gasteiger partial charge in [-0.25, -0.2) is 9.16 Å². The van der Waals surface area contributed by atoms with Gasteiger partial charge in [0.25, 0.3) is 0 Å². The Morgan fingerprint density at radius 3 is 2.87 bits per heavy atom. The summed E-state index contributed by atoms with van der Waals surface area (Å²) in [6.07, 6.45) is 1.88. The number of hydrogen-bond donors (Lipinski definition) is 1. The lowest BCUT2D eigenvalue weighted by molar-refractivity contribution is -0.0162. The largest absolute Gasteiger partial charge is 0.465 e. The average Bonchev–Trinajstić information content (AvgIpc) is 2.14. The van der Waals surface area contributed by atoms with E-state index in [9.17, 15) is 9.00 Å². The molecule has 1 aliphatic heterocycles. The van der Waals surface area contributed by atoms with Gasteiger partial charge in [-0.1, -0.05) is 0 Å². The number of rotatable bonds is 2. The highest BCUT2D eigenvalue weighted by atomic mass is 32.2. The number of nitrogens with zero attached hydrogens (tertiary/aromatic N) is 2. The van der Waals surface area contributed by atoms with Gasteiger partial charge in [0.15, 0.2) is 0 Å². The van der Waals surface area contributed by atoms with Crippen LogP contribution in [0, 0.1) is 0 Å². The summed E-state index contributed by atoms with van der Waals surface area (Å²) in [5, 5.41) is 8.77. The molecule has 0 bridgehead atoms. The Bertz CT molecular complexity index is 341. The molecule has 1 amide bonds. The molecule has 0 aromatic rings. The van der Waals surface area contributed by atoms with Crippen molar-refractivity contribution >= 4 is 15.8 Å². The molecule has 1 aliphatic rings. The number of ether oxygens (including phenoxy) is 1. The van der Waals surface area contributed by atoms with Crippen molar-refractivity contribution in [3.05, 3.63) is 0 Å². The molecule has 1 saturated heterocycles. The molecule has 1 atom stereocenters. The van der Waals surface area contributed by atoms with E-state index >= 15 is 0 Å². The van der Waals surface area contributed by atoms with Gasteiger partial charge in [-0.2, -0.15) is 0 Å². The standard InChI is InChI=1S/C8H16N2O4S/c1-15(2,13)9-5-7-6-10(8(11)12)3-4-14-7/h7H,3-6H2,1-2H3,(H,11,12). The van der Waals surface area contributed by atoms with Crippen molar-refractivity contribution in [2.24, 2.45) is 4.36 Å². The van der Waals surface area contributed by atoms with E-state index in [0.717, 1.165) is 0 Å². The predicted octanol–water partition coefficient (Wildman–Crippen LogP) is 0.0928. The fraction of sp³-hybridized carbons (Fsp3) is 0.875. The first-order valence-electron chi connectivity index (χ1n) is 4.61. The third-order valence-corrected chi connectivity index (χ3v) is 2.77. The quantitative estimate of drug-likeness (QED) is 0.737. The third-order valence-electron chi connectivity index (χ3n) is 2.00. The Hall–Kier alpha value is -0.820. The van der Waals surface area contributed by atoms with Crippen molar-refractivity contribution < 1.29 is 18.8 Å². The summed E-state index contributed by atoms with van der Waals surface area (Å²) in [7, 11) is -2.13. The number of carbonyl (C=O) groups is 1. The molecule has 0 aliphatic carbocycles. The van der Waals surface area contributed by atoms with E-state index in [1.807, 2.05) is 0 Å². The van der Waals surface area contributed by atoms with Crippen LogP contribution < -0.4 is 0 Å². The first-order chi connectivity index (χ1) is 6.88. The normalized spacial score (nSPS) is 22.5. The molecule has 1 N–H and O–H groups in total. The van der Waals surface area contributed by atoms with Gasteiger partial charge in [-0.3, -0.25) is 4.21 Å². The van der Waals surface area contributed by atoms with Crippen molar-refractivity contribution in [3.8, 4) is 0 Å². The SMILES string of the molecule is CS(C)(=O)=NCC1CN(C(=O)O)CCO1. The lowest BCUT2D eigenvalue weighted by atomic mass is 10.3. The predicted molar refractivity (Wildman–Crippen MR) is 56.6 cm³/mol. The lowest BCUT2D eigenvalue weighted by Gasteiger charge is -2.30. The van der Waals surface area contributed by atoms with Crippen molar-refractivity contribution in [1.82, 2.24) is 4.90 Å². The van der Waals surface area contributed by atoms with Gasteiger partial charge >= 0.3 is 6.09 Å². The fourth-order valence-electron chi connectivity index (χ4n) is 1.27. The second kappa shape index (κ2) is 4.80. The van der Waals surface area contributed by atoms with E-state index in [-0.39, 0.29) is 12.6 Å². The zero-order valence-electron chi connectivity index (χ0n) is 8.88. The Labute approximate surface area is 89.4 Å². The van der Waals surface area contributed by atoms with Crippen LogP contribution in [0.15, 0.2) is 4.36 Å². The van der Waals surface area contributed by atoms with Crippen LogP contribution >= 0.6 is 0 Å². The third kappa shape index (κ3) is 4.48. The van der Waals surface area contributed by atoms with Crippen LogP contribution in [-0.2, 0) is 14.5 Å². The lowest BCUT2D eigenvalue weighted by Crippen LogP contribution is -2.46. The van der Waals surface area contributed by atoms with Gasteiger partial charge in [0.1, 0.15) is 0 Å². The summed E-state index contributed by atoms with van der Waals surface area (Å²) in [5.41, 5.74) is 0. The molecule has 1 rings (SSSR count). The fourth-order valence-corrected chi connectivity index (χ4v) is 1.79. The summed E-state index contributed by atoms with van der Waals surface area (Å²) in [6, 6.07) is 0. The first-order valence-corrected chi connectivity index (χ1v) is 6.94. The molecule has 1 unspecified atom stereocenters. The van der Waals surface area contributed by atoms with Crippen LogP contribution in [0.25, 0.3) is 0 Å². The molecule has 0 aromatic carbocycles. The minimum Gasteiger partial charge on any atom is -0.465 e. The van der Waals surface area contributed by atoms with Gasteiger partial charge in [0.2, 0.25) is 0 Å².